The van der Waals surface area contributed by atoms with Crippen molar-refractivity contribution in [3.8, 4) is 5.75 Å². The van der Waals surface area contributed by atoms with Crippen LogP contribution in [0.25, 0.3) is 0 Å². The van der Waals surface area contributed by atoms with E-state index < -0.39 is 12.3 Å². The predicted molar refractivity (Wildman–Crippen MR) is 78.6 cm³/mol. The van der Waals surface area contributed by atoms with Gasteiger partial charge in [0.1, 0.15) is 5.75 Å². The zero-order valence-corrected chi connectivity index (χ0v) is 12.5. The second kappa shape index (κ2) is 7.54. The summed E-state index contributed by atoms with van der Waals surface area (Å²) in [4.78, 5) is 12.6. The van der Waals surface area contributed by atoms with Crippen LogP contribution in [0, 0.1) is 0 Å². The molecule has 2 rings (SSSR count). The van der Waals surface area contributed by atoms with Gasteiger partial charge in [-0.05, 0) is 37.1 Å². The van der Waals surface area contributed by atoms with Gasteiger partial charge in [0.15, 0.2) is 0 Å². The van der Waals surface area contributed by atoms with E-state index in [1.54, 1.807) is 12.1 Å². The number of halogens is 3. The van der Waals surface area contributed by atoms with Gasteiger partial charge in [-0.15, -0.1) is 13.2 Å². The van der Waals surface area contributed by atoms with E-state index in [4.69, 9.17) is 5.11 Å². The standard InChI is InChI=1S/C15H19F3N2O3/c16-15(17,18)23-13-3-1-12(2-4-13)20-9-6-11(7-10-20)19-8-5-14(21)22/h1-4,11,19H,5-10H2,(H,21,22). The number of anilines is 1. The van der Waals surface area contributed by atoms with Crippen LogP contribution in [-0.4, -0.2) is 43.1 Å². The van der Waals surface area contributed by atoms with E-state index in [2.05, 4.69) is 15.0 Å². The second-order valence-corrected chi connectivity index (χ2v) is 5.40. The van der Waals surface area contributed by atoms with Gasteiger partial charge in [0.05, 0.1) is 6.42 Å². The molecule has 0 amide bonds. The van der Waals surface area contributed by atoms with Crippen LogP contribution in [0.4, 0.5) is 18.9 Å². The Bertz CT molecular complexity index is 512. The second-order valence-electron chi connectivity index (χ2n) is 5.40. The van der Waals surface area contributed by atoms with Gasteiger partial charge in [0.25, 0.3) is 0 Å². The summed E-state index contributed by atoms with van der Waals surface area (Å²) in [6.07, 6.45) is -2.86. The molecule has 23 heavy (non-hydrogen) atoms. The van der Waals surface area contributed by atoms with Crippen molar-refractivity contribution in [1.82, 2.24) is 5.32 Å². The van der Waals surface area contributed by atoms with E-state index in [0.29, 0.717) is 6.54 Å². The molecule has 1 aromatic rings. The predicted octanol–water partition coefficient (Wildman–Crippen LogP) is 2.62. The van der Waals surface area contributed by atoms with Crippen LogP contribution in [0.15, 0.2) is 24.3 Å². The maximum absolute atomic E-state index is 12.1. The molecule has 1 aliphatic heterocycles. The normalized spacial score (nSPS) is 16.4. The molecule has 5 nitrogen and oxygen atoms in total. The number of carboxylic acid groups (broad SMARTS) is 1. The molecule has 0 aromatic heterocycles. The highest BCUT2D eigenvalue weighted by atomic mass is 19.4. The Morgan fingerprint density at radius 3 is 2.39 bits per heavy atom. The maximum atomic E-state index is 12.1. The van der Waals surface area contributed by atoms with E-state index in [0.717, 1.165) is 31.6 Å². The largest absolute Gasteiger partial charge is 0.573 e. The molecule has 1 fully saturated rings. The number of aliphatic carboxylic acids is 1. The Morgan fingerprint density at radius 2 is 1.87 bits per heavy atom. The minimum atomic E-state index is -4.68. The summed E-state index contributed by atoms with van der Waals surface area (Å²) >= 11 is 0. The topological polar surface area (TPSA) is 61.8 Å². The van der Waals surface area contributed by atoms with E-state index in [1.165, 1.54) is 12.1 Å². The molecule has 128 valence electrons. The van der Waals surface area contributed by atoms with E-state index in [9.17, 15) is 18.0 Å². The summed E-state index contributed by atoms with van der Waals surface area (Å²) in [6, 6.07) is 6.11. The lowest BCUT2D eigenvalue weighted by Crippen LogP contribution is -2.43. The third kappa shape index (κ3) is 5.97. The molecule has 0 aliphatic carbocycles. The van der Waals surface area contributed by atoms with Crippen LogP contribution in [0.5, 0.6) is 5.75 Å². The third-order valence-electron chi connectivity index (χ3n) is 3.70. The average Bonchev–Trinajstić information content (AvgIpc) is 2.47. The Hall–Kier alpha value is -1.96. The molecule has 0 saturated carbocycles. The van der Waals surface area contributed by atoms with Gasteiger partial charge in [-0.25, -0.2) is 0 Å². The molecule has 0 atom stereocenters. The lowest BCUT2D eigenvalue weighted by Gasteiger charge is -2.34. The van der Waals surface area contributed by atoms with Gasteiger partial charge < -0.3 is 20.1 Å². The van der Waals surface area contributed by atoms with Crippen molar-refractivity contribution in [1.29, 1.82) is 0 Å². The summed E-state index contributed by atoms with van der Waals surface area (Å²) in [5.41, 5.74) is 0.850. The molecule has 0 unspecified atom stereocenters. The Morgan fingerprint density at radius 1 is 1.26 bits per heavy atom. The molecule has 1 heterocycles. The third-order valence-corrected chi connectivity index (χ3v) is 3.70. The van der Waals surface area contributed by atoms with Gasteiger partial charge in [-0.3, -0.25) is 4.79 Å². The zero-order chi connectivity index (χ0) is 16.9. The average molecular weight is 332 g/mol. The highest BCUT2D eigenvalue weighted by molar-refractivity contribution is 5.66. The van der Waals surface area contributed by atoms with Crippen LogP contribution >= 0.6 is 0 Å². The number of rotatable bonds is 6. The molecule has 2 N–H and O–H groups in total. The van der Waals surface area contributed by atoms with Gasteiger partial charge in [0.2, 0.25) is 0 Å². The number of nitrogens with zero attached hydrogens (tertiary/aromatic N) is 1. The van der Waals surface area contributed by atoms with Gasteiger partial charge in [-0.1, -0.05) is 0 Å². The van der Waals surface area contributed by atoms with Crippen LogP contribution in [0.1, 0.15) is 19.3 Å². The molecule has 0 bridgehead atoms. The summed E-state index contributed by atoms with van der Waals surface area (Å²) < 4.78 is 40.2. The Balaban J connectivity index is 1.79. The fourth-order valence-corrected chi connectivity index (χ4v) is 2.58. The van der Waals surface area contributed by atoms with Gasteiger partial charge in [-0.2, -0.15) is 0 Å². The molecule has 1 saturated heterocycles. The zero-order valence-electron chi connectivity index (χ0n) is 12.5. The first-order valence-corrected chi connectivity index (χ1v) is 7.39. The van der Waals surface area contributed by atoms with E-state index in [1.807, 2.05) is 0 Å². The first-order chi connectivity index (χ1) is 10.8. The van der Waals surface area contributed by atoms with Crippen LogP contribution in [0.3, 0.4) is 0 Å². The highest BCUT2D eigenvalue weighted by Gasteiger charge is 2.31. The Labute approximate surface area is 132 Å². The van der Waals surface area contributed by atoms with Crippen molar-refractivity contribution in [2.75, 3.05) is 24.5 Å². The van der Waals surface area contributed by atoms with Crippen molar-refractivity contribution in [2.45, 2.75) is 31.7 Å². The fraction of sp³-hybridized carbons (Fsp3) is 0.533. The minimum absolute atomic E-state index is 0.0981. The number of ether oxygens (including phenoxy) is 1. The molecular weight excluding hydrogens is 313 g/mol. The van der Waals surface area contributed by atoms with E-state index >= 15 is 0 Å². The van der Waals surface area contributed by atoms with Gasteiger partial charge >= 0.3 is 12.3 Å². The number of carbonyl (C=O) groups is 1. The molecule has 0 spiro atoms. The van der Waals surface area contributed by atoms with Crippen LogP contribution in [-0.2, 0) is 4.79 Å². The van der Waals surface area contributed by atoms with Crippen molar-refractivity contribution in [3.63, 3.8) is 0 Å². The maximum Gasteiger partial charge on any atom is 0.573 e. The number of hydrogen-bond acceptors (Lipinski definition) is 4. The lowest BCUT2D eigenvalue weighted by molar-refractivity contribution is -0.274. The first kappa shape index (κ1) is 17.4. The molecule has 8 heteroatoms. The van der Waals surface area contributed by atoms with Crippen molar-refractivity contribution < 1.29 is 27.8 Å². The highest BCUT2D eigenvalue weighted by Crippen LogP contribution is 2.26. The Kier molecular flexibility index (Phi) is 5.70. The number of benzene rings is 1. The minimum Gasteiger partial charge on any atom is -0.481 e. The summed E-state index contributed by atoms with van der Waals surface area (Å²) in [5.74, 6) is -1.05. The van der Waals surface area contributed by atoms with E-state index in [-0.39, 0.29) is 18.2 Å². The number of piperidine rings is 1. The van der Waals surface area contributed by atoms with Gasteiger partial charge in [0, 0.05) is 31.4 Å². The monoisotopic (exact) mass is 332 g/mol. The summed E-state index contributed by atoms with van der Waals surface area (Å²) in [7, 11) is 0. The first-order valence-electron chi connectivity index (χ1n) is 7.39. The number of alkyl halides is 3. The van der Waals surface area contributed by atoms with Crippen LogP contribution < -0.4 is 15.0 Å². The van der Waals surface area contributed by atoms with Crippen molar-refractivity contribution >= 4 is 11.7 Å². The quantitative estimate of drug-likeness (QED) is 0.838. The fourth-order valence-electron chi connectivity index (χ4n) is 2.58. The SMILES string of the molecule is O=C(O)CCNC1CCN(c2ccc(OC(F)(F)F)cc2)CC1. The number of carboxylic acids is 1. The summed E-state index contributed by atoms with van der Waals surface area (Å²) in [5, 5.41) is 11.8. The number of hydrogen-bond donors (Lipinski definition) is 2. The van der Waals surface area contributed by atoms with Crippen LogP contribution in [0.2, 0.25) is 0 Å². The molecule has 1 aromatic carbocycles. The molecular formula is C15H19F3N2O3. The summed E-state index contributed by atoms with van der Waals surface area (Å²) in [6.45, 7) is 1.98. The lowest BCUT2D eigenvalue weighted by atomic mass is 10.0. The molecule has 1 aliphatic rings. The van der Waals surface area contributed by atoms with Crippen molar-refractivity contribution in [2.24, 2.45) is 0 Å². The van der Waals surface area contributed by atoms with Crippen molar-refractivity contribution in [3.05, 3.63) is 24.3 Å². The smallest absolute Gasteiger partial charge is 0.481 e. The molecule has 0 radical (unpaired) electrons. The number of nitrogens with one attached hydrogen (secondary N) is 1.